The van der Waals surface area contributed by atoms with Crippen molar-refractivity contribution in [2.75, 3.05) is 24.2 Å². The van der Waals surface area contributed by atoms with E-state index in [-0.39, 0.29) is 10.8 Å². The van der Waals surface area contributed by atoms with E-state index in [1.165, 1.54) is 4.31 Å². The number of benzene rings is 2. The van der Waals surface area contributed by atoms with Crippen molar-refractivity contribution >= 4 is 33.4 Å². The lowest BCUT2D eigenvalue weighted by atomic mass is 10.2. The van der Waals surface area contributed by atoms with Crippen LogP contribution >= 0.6 is 11.8 Å². The number of nitrogens with zero attached hydrogens (tertiary/aromatic N) is 1. The Labute approximate surface area is 178 Å². The average molecular weight is 435 g/mol. The number of nitrogens with one attached hydrogen (secondary N) is 1. The summed E-state index contributed by atoms with van der Waals surface area (Å²) in [5.74, 6) is 0.751. The van der Waals surface area contributed by atoms with Gasteiger partial charge in [0, 0.05) is 23.7 Å². The van der Waals surface area contributed by atoms with E-state index in [1.807, 2.05) is 32.0 Å². The minimum atomic E-state index is -3.52. The van der Waals surface area contributed by atoms with Gasteiger partial charge < -0.3 is 5.32 Å². The van der Waals surface area contributed by atoms with Crippen LogP contribution in [0.4, 0.5) is 5.69 Å². The standard InChI is InChI=1S/C22H30N2O3S2/c1-4-15-24(16-5-2)29(26,27)19-13-11-18(12-14-19)23-22(25)20-9-7-8-10-21(20)28-17-6-3/h7-14H,4-6,15-17H2,1-3H3,(H,23,25). The van der Waals surface area contributed by atoms with Gasteiger partial charge in [-0.15, -0.1) is 11.8 Å². The van der Waals surface area contributed by atoms with Crippen LogP contribution in [0, 0.1) is 0 Å². The van der Waals surface area contributed by atoms with Crippen molar-refractivity contribution < 1.29 is 13.2 Å². The first-order valence-electron chi connectivity index (χ1n) is 10.1. The third-order valence-corrected chi connectivity index (χ3v) is 7.48. The van der Waals surface area contributed by atoms with E-state index in [1.54, 1.807) is 42.1 Å². The van der Waals surface area contributed by atoms with Crippen molar-refractivity contribution in [1.82, 2.24) is 4.31 Å². The van der Waals surface area contributed by atoms with Gasteiger partial charge in [0.1, 0.15) is 0 Å². The summed E-state index contributed by atoms with van der Waals surface area (Å²) in [5.41, 5.74) is 1.20. The zero-order valence-corrected chi connectivity index (χ0v) is 19.0. The van der Waals surface area contributed by atoms with Gasteiger partial charge in [0.15, 0.2) is 0 Å². The molecule has 0 atom stereocenters. The van der Waals surface area contributed by atoms with Crippen molar-refractivity contribution in [3.8, 4) is 0 Å². The third kappa shape index (κ3) is 6.32. The summed E-state index contributed by atoms with van der Waals surface area (Å²) in [6, 6.07) is 13.9. The molecule has 29 heavy (non-hydrogen) atoms. The second kappa shape index (κ2) is 11.4. The molecule has 1 amide bonds. The van der Waals surface area contributed by atoms with Gasteiger partial charge in [-0.2, -0.15) is 4.31 Å². The quantitative estimate of drug-likeness (QED) is 0.490. The molecule has 0 aromatic heterocycles. The summed E-state index contributed by atoms with van der Waals surface area (Å²) in [6.45, 7) is 7.04. The maximum atomic E-state index is 12.8. The lowest BCUT2D eigenvalue weighted by Crippen LogP contribution is -2.32. The summed E-state index contributed by atoms with van der Waals surface area (Å²) >= 11 is 1.66. The Kier molecular flexibility index (Phi) is 9.20. The second-order valence-corrected chi connectivity index (χ2v) is 9.80. The molecule has 0 aliphatic heterocycles. The van der Waals surface area contributed by atoms with Gasteiger partial charge in [-0.25, -0.2) is 8.42 Å². The summed E-state index contributed by atoms with van der Waals surface area (Å²) in [6.07, 6.45) is 2.56. The van der Waals surface area contributed by atoms with E-state index in [2.05, 4.69) is 12.2 Å². The van der Waals surface area contributed by atoms with Crippen LogP contribution in [0.5, 0.6) is 0 Å². The molecule has 2 aromatic rings. The van der Waals surface area contributed by atoms with Crippen LogP contribution in [-0.4, -0.2) is 37.5 Å². The monoisotopic (exact) mass is 434 g/mol. The second-order valence-electron chi connectivity index (χ2n) is 6.73. The fraction of sp³-hybridized carbons (Fsp3) is 0.409. The molecule has 158 valence electrons. The molecule has 0 aliphatic rings. The Morgan fingerprint density at radius 1 is 0.931 bits per heavy atom. The largest absolute Gasteiger partial charge is 0.322 e. The molecule has 0 radical (unpaired) electrons. The van der Waals surface area contributed by atoms with Crippen LogP contribution in [0.3, 0.4) is 0 Å². The SMILES string of the molecule is CCCSc1ccccc1C(=O)Nc1ccc(S(=O)(=O)N(CCC)CCC)cc1. The molecule has 0 fully saturated rings. The molecule has 0 saturated carbocycles. The maximum Gasteiger partial charge on any atom is 0.256 e. The molecule has 0 aliphatic carbocycles. The van der Waals surface area contributed by atoms with Gasteiger partial charge in [-0.1, -0.05) is 32.9 Å². The van der Waals surface area contributed by atoms with Crippen molar-refractivity contribution in [1.29, 1.82) is 0 Å². The van der Waals surface area contributed by atoms with Gasteiger partial charge in [0.2, 0.25) is 10.0 Å². The van der Waals surface area contributed by atoms with Crippen LogP contribution < -0.4 is 5.32 Å². The molecule has 0 spiro atoms. The Morgan fingerprint density at radius 3 is 2.14 bits per heavy atom. The van der Waals surface area contributed by atoms with Crippen LogP contribution in [-0.2, 0) is 10.0 Å². The maximum absolute atomic E-state index is 12.8. The number of anilines is 1. The van der Waals surface area contributed by atoms with Crippen LogP contribution in [0.1, 0.15) is 50.4 Å². The van der Waals surface area contributed by atoms with E-state index >= 15 is 0 Å². The Morgan fingerprint density at radius 2 is 1.55 bits per heavy atom. The molecular weight excluding hydrogens is 404 g/mol. The van der Waals surface area contributed by atoms with Gasteiger partial charge in [0.25, 0.3) is 5.91 Å². The lowest BCUT2D eigenvalue weighted by molar-refractivity contribution is 0.102. The van der Waals surface area contributed by atoms with Crippen molar-refractivity contribution in [3.63, 3.8) is 0 Å². The molecule has 7 heteroatoms. The van der Waals surface area contributed by atoms with E-state index in [0.29, 0.717) is 24.3 Å². The molecule has 2 aromatic carbocycles. The first-order valence-corrected chi connectivity index (χ1v) is 12.5. The zero-order valence-electron chi connectivity index (χ0n) is 17.3. The fourth-order valence-electron chi connectivity index (χ4n) is 2.90. The van der Waals surface area contributed by atoms with Gasteiger partial charge >= 0.3 is 0 Å². The Balaban J connectivity index is 2.16. The number of amides is 1. The zero-order chi connectivity index (χ0) is 21.3. The predicted octanol–water partition coefficient (Wildman–Crippen LogP) is 5.25. The van der Waals surface area contributed by atoms with Crippen molar-refractivity contribution in [3.05, 3.63) is 54.1 Å². The van der Waals surface area contributed by atoms with E-state index < -0.39 is 10.0 Å². The number of hydrogen-bond acceptors (Lipinski definition) is 4. The van der Waals surface area contributed by atoms with E-state index in [4.69, 9.17) is 0 Å². The summed E-state index contributed by atoms with van der Waals surface area (Å²) in [5, 5.41) is 2.87. The molecule has 2 rings (SSSR count). The highest BCUT2D eigenvalue weighted by molar-refractivity contribution is 7.99. The topological polar surface area (TPSA) is 66.5 Å². The first kappa shape index (κ1) is 23.4. The molecule has 0 heterocycles. The van der Waals surface area contributed by atoms with Crippen LogP contribution in [0.25, 0.3) is 0 Å². The van der Waals surface area contributed by atoms with Crippen molar-refractivity contribution in [2.24, 2.45) is 0 Å². The van der Waals surface area contributed by atoms with Gasteiger partial charge in [-0.3, -0.25) is 4.79 Å². The first-order chi connectivity index (χ1) is 13.9. The van der Waals surface area contributed by atoms with Crippen LogP contribution in [0.15, 0.2) is 58.3 Å². The highest BCUT2D eigenvalue weighted by Gasteiger charge is 2.23. The molecule has 1 N–H and O–H groups in total. The number of hydrogen-bond donors (Lipinski definition) is 1. The highest BCUT2D eigenvalue weighted by atomic mass is 32.2. The normalized spacial score (nSPS) is 11.6. The number of thioether (sulfide) groups is 1. The average Bonchev–Trinajstić information content (AvgIpc) is 2.72. The van der Waals surface area contributed by atoms with E-state index in [0.717, 1.165) is 29.9 Å². The molecular formula is C22H30N2O3S2. The predicted molar refractivity (Wildman–Crippen MR) is 121 cm³/mol. The third-order valence-electron chi connectivity index (χ3n) is 4.29. The summed E-state index contributed by atoms with van der Waals surface area (Å²) < 4.78 is 27.2. The van der Waals surface area contributed by atoms with Crippen LogP contribution in [0.2, 0.25) is 0 Å². The van der Waals surface area contributed by atoms with Crippen molar-refractivity contribution in [2.45, 2.75) is 49.8 Å². The number of sulfonamides is 1. The van der Waals surface area contributed by atoms with Gasteiger partial charge in [-0.05, 0) is 61.4 Å². The molecule has 0 unspecified atom stereocenters. The fourth-order valence-corrected chi connectivity index (χ4v) is 5.44. The Hall–Kier alpha value is -1.83. The summed E-state index contributed by atoms with van der Waals surface area (Å²) in [4.78, 5) is 13.9. The number of carbonyl (C=O) groups is 1. The molecule has 0 saturated heterocycles. The van der Waals surface area contributed by atoms with E-state index in [9.17, 15) is 13.2 Å². The number of rotatable bonds is 11. The lowest BCUT2D eigenvalue weighted by Gasteiger charge is -2.21. The van der Waals surface area contributed by atoms with Gasteiger partial charge in [0.05, 0.1) is 10.5 Å². The molecule has 0 bridgehead atoms. The molecule has 5 nitrogen and oxygen atoms in total. The smallest absolute Gasteiger partial charge is 0.256 e. The Bertz CT molecular complexity index is 891. The summed E-state index contributed by atoms with van der Waals surface area (Å²) in [7, 11) is -3.52. The number of carbonyl (C=O) groups excluding carboxylic acids is 1. The minimum absolute atomic E-state index is 0.196. The minimum Gasteiger partial charge on any atom is -0.322 e. The highest BCUT2D eigenvalue weighted by Crippen LogP contribution is 2.25.